The molecule has 0 heterocycles. The monoisotopic (exact) mass is 313 g/mol. The minimum atomic E-state index is -0.253. The van der Waals surface area contributed by atoms with E-state index in [4.69, 9.17) is 0 Å². The van der Waals surface area contributed by atoms with Gasteiger partial charge < -0.3 is 10.1 Å². The first-order chi connectivity index (χ1) is 8.61. The molecule has 18 heavy (non-hydrogen) atoms. The minimum Gasteiger partial charge on any atom is -0.469 e. The van der Waals surface area contributed by atoms with E-state index >= 15 is 0 Å². The summed E-state index contributed by atoms with van der Waals surface area (Å²) in [4.78, 5) is 22.4. The van der Waals surface area contributed by atoms with Gasteiger partial charge in [0.2, 0.25) is 5.91 Å². The highest BCUT2D eigenvalue weighted by Gasteiger charge is 2.04. The van der Waals surface area contributed by atoms with E-state index in [0.717, 1.165) is 10.0 Å². The molecule has 0 saturated heterocycles. The summed E-state index contributed by atoms with van der Waals surface area (Å²) in [5, 5.41) is 2.77. The molecule has 0 saturated carbocycles. The predicted molar refractivity (Wildman–Crippen MR) is 72.1 cm³/mol. The van der Waals surface area contributed by atoms with Crippen molar-refractivity contribution in [2.24, 2.45) is 0 Å². The van der Waals surface area contributed by atoms with Crippen molar-refractivity contribution in [1.29, 1.82) is 0 Å². The second-order valence-electron chi connectivity index (χ2n) is 3.83. The molecule has 4 nitrogen and oxygen atoms in total. The molecule has 0 aliphatic heterocycles. The van der Waals surface area contributed by atoms with Gasteiger partial charge in [-0.15, -0.1) is 0 Å². The van der Waals surface area contributed by atoms with E-state index in [2.05, 4.69) is 26.0 Å². The second-order valence-corrected chi connectivity index (χ2v) is 4.75. The van der Waals surface area contributed by atoms with Crippen LogP contribution >= 0.6 is 15.9 Å². The lowest BCUT2D eigenvalue weighted by Gasteiger charge is -2.05. The number of nitrogens with one attached hydrogen (secondary N) is 1. The van der Waals surface area contributed by atoms with Crippen molar-refractivity contribution in [3.05, 3.63) is 34.3 Å². The number of methoxy groups -OCH3 is 1. The average molecular weight is 314 g/mol. The van der Waals surface area contributed by atoms with Crippen LogP contribution in [0.15, 0.2) is 28.7 Å². The van der Waals surface area contributed by atoms with Gasteiger partial charge in [0.15, 0.2) is 0 Å². The van der Waals surface area contributed by atoms with Crippen LogP contribution in [0.3, 0.4) is 0 Å². The van der Waals surface area contributed by atoms with Gasteiger partial charge in [0.1, 0.15) is 0 Å². The Morgan fingerprint density at radius 3 is 2.56 bits per heavy atom. The summed E-state index contributed by atoms with van der Waals surface area (Å²) >= 11 is 3.34. The molecule has 0 radical (unpaired) electrons. The molecule has 1 aromatic carbocycles. The molecule has 0 aromatic heterocycles. The van der Waals surface area contributed by atoms with Crippen LogP contribution in [0.25, 0.3) is 0 Å². The van der Waals surface area contributed by atoms with Gasteiger partial charge in [-0.25, -0.2) is 0 Å². The predicted octanol–water partition coefficient (Wildman–Crippen LogP) is 2.06. The van der Waals surface area contributed by atoms with Gasteiger partial charge in [0, 0.05) is 17.4 Å². The number of carbonyl (C=O) groups excluding carboxylic acids is 2. The molecule has 1 rings (SSSR count). The number of carbonyl (C=O) groups is 2. The first-order valence-corrected chi connectivity index (χ1v) is 6.49. The molecule has 1 N–H and O–H groups in total. The maximum atomic E-state index is 11.6. The molecule has 0 fully saturated rings. The summed E-state index contributed by atoms with van der Waals surface area (Å²) < 4.78 is 5.50. The Hall–Kier alpha value is -1.36. The lowest BCUT2D eigenvalue weighted by molar-refractivity contribution is -0.140. The highest BCUT2D eigenvalue weighted by molar-refractivity contribution is 9.10. The fraction of sp³-hybridized carbons (Fsp3) is 0.385. The molecule has 0 unspecified atom stereocenters. The molecule has 0 atom stereocenters. The Labute approximate surface area is 115 Å². The van der Waals surface area contributed by atoms with Crippen LogP contribution in [0.2, 0.25) is 0 Å². The number of halogens is 1. The van der Waals surface area contributed by atoms with Gasteiger partial charge >= 0.3 is 5.97 Å². The summed E-state index contributed by atoms with van der Waals surface area (Å²) in [5.41, 5.74) is 0.962. The van der Waals surface area contributed by atoms with Crippen LogP contribution in [0, 0.1) is 0 Å². The van der Waals surface area contributed by atoms with E-state index in [1.165, 1.54) is 7.11 Å². The zero-order valence-corrected chi connectivity index (χ0v) is 11.8. The summed E-state index contributed by atoms with van der Waals surface area (Å²) in [6, 6.07) is 7.61. The fourth-order valence-corrected chi connectivity index (χ4v) is 1.68. The first-order valence-electron chi connectivity index (χ1n) is 5.70. The number of esters is 1. The number of amides is 1. The summed E-state index contributed by atoms with van der Waals surface area (Å²) in [6.45, 7) is 0.491. The maximum absolute atomic E-state index is 11.6. The molecule has 0 aliphatic rings. The number of hydrogen-bond acceptors (Lipinski definition) is 3. The Morgan fingerprint density at radius 2 is 1.94 bits per heavy atom. The van der Waals surface area contributed by atoms with Crippen molar-refractivity contribution < 1.29 is 14.3 Å². The first kappa shape index (κ1) is 14.7. The van der Waals surface area contributed by atoms with Crippen molar-refractivity contribution in [3.63, 3.8) is 0 Å². The Morgan fingerprint density at radius 1 is 1.28 bits per heavy atom. The Kier molecular flexibility index (Phi) is 6.43. The van der Waals surface area contributed by atoms with E-state index in [9.17, 15) is 9.59 Å². The molecule has 98 valence electrons. The Bertz CT molecular complexity index is 403. The molecule has 5 heteroatoms. The zero-order chi connectivity index (χ0) is 13.4. The van der Waals surface area contributed by atoms with Crippen molar-refractivity contribution in [1.82, 2.24) is 5.32 Å². The Balaban J connectivity index is 2.21. The molecule has 0 aliphatic carbocycles. The highest BCUT2D eigenvalue weighted by atomic mass is 79.9. The van der Waals surface area contributed by atoms with Crippen molar-refractivity contribution in [2.45, 2.75) is 19.3 Å². The van der Waals surface area contributed by atoms with Crippen LogP contribution in [0.1, 0.15) is 18.4 Å². The van der Waals surface area contributed by atoms with Crippen LogP contribution in [0.5, 0.6) is 0 Å². The van der Waals surface area contributed by atoms with Crippen molar-refractivity contribution in [2.75, 3.05) is 13.7 Å². The lowest BCUT2D eigenvalue weighted by Crippen LogP contribution is -2.26. The van der Waals surface area contributed by atoms with Gasteiger partial charge in [-0.1, -0.05) is 28.1 Å². The van der Waals surface area contributed by atoms with Crippen LogP contribution in [0.4, 0.5) is 0 Å². The molecular weight excluding hydrogens is 298 g/mol. The fourth-order valence-electron chi connectivity index (χ4n) is 1.41. The van der Waals surface area contributed by atoms with Gasteiger partial charge in [-0.05, 0) is 24.1 Å². The van der Waals surface area contributed by atoms with Gasteiger partial charge in [0.25, 0.3) is 0 Å². The van der Waals surface area contributed by atoms with Crippen LogP contribution in [-0.4, -0.2) is 25.5 Å². The third-order valence-electron chi connectivity index (χ3n) is 2.39. The number of benzene rings is 1. The van der Waals surface area contributed by atoms with E-state index in [1.807, 2.05) is 24.3 Å². The second kappa shape index (κ2) is 7.87. The van der Waals surface area contributed by atoms with E-state index < -0.39 is 0 Å². The van der Waals surface area contributed by atoms with Gasteiger partial charge in [0.05, 0.1) is 13.5 Å². The average Bonchev–Trinajstić information content (AvgIpc) is 2.37. The van der Waals surface area contributed by atoms with Crippen LogP contribution in [-0.2, 0) is 20.7 Å². The summed E-state index contributed by atoms with van der Waals surface area (Å²) in [7, 11) is 1.36. The largest absolute Gasteiger partial charge is 0.469 e. The van der Waals surface area contributed by atoms with Crippen LogP contribution < -0.4 is 5.32 Å². The molecular formula is C13H16BrNO3. The highest BCUT2D eigenvalue weighted by Crippen LogP contribution is 2.10. The third-order valence-corrected chi connectivity index (χ3v) is 2.91. The normalized spacial score (nSPS) is 9.89. The summed E-state index contributed by atoms with van der Waals surface area (Å²) in [5.74, 6) is -0.292. The number of rotatable bonds is 6. The van der Waals surface area contributed by atoms with Crippen molar-refractivity contribution in [3.8, 4) is 0 Å². The SMILES string of the molecule is COC(=O)CCCNC(=O)Cc1ccc(Br)cc1. The number of hydrogen-bond donors (Lipinski definition) is 1. The smallest absolute Gasteiger partial charge is 0.305 e. The van der Waals surface area contributed by atoms with Gasteiger partial charge in [-0.3, -0.25) is 9.59 Å². The maximum Gasteiger partial charge on any atom is 0.305 e. The topological polar surface area (TPSA) is 55.4 Å². The molecule has 1 amide bonds. The number of ether oxygens (including phenoxy) is 1. The third kappa shape index (κ3) is 5.82. The summed E-state index contributed by atoms with van der Waals surface area (Å²) in [6.07, 6.45) is 1.28. The van der Waals surface area contributed by atoms with E-state index in [0.29, 0.717) is 25.8 Å². The molecule has 0 bridgehead atoms. The quantitative estimate of drug-likeness (QED) is 0.646. The van der Waals surface area contributed by atoms with E-state index in [-0.39, 0.29) is 11.9 Å². The van der Waals surface area contributed by atoms with Gasteiger partial charge in [-0.2, -0.15) is 0 Å². The molecule has 0 spiro atoms. The minimum absolute atomic E-state index is 0.0396. The van der Waals surface area contributed by atoms with E-state index in [1.54, 1.807) is 0 Å². The zero-order valence-electron chi connectivity index (χ0n) is 10.2. The van der Waals surface area contributed by atoms with Crippen molar-refractivity contribution >= 4 is 27.8 Å². The molecule has 1 aromatic rings. The standard InChI is InChI=1S/C13H16BrNO3/c1-18-13(17)3-2-8-15-12(16)9-10-4-6-11(14)7-5-10/h4-7H,2-3,8-9H2,1H3,(H,15,16). The lowest BCUT2D eigenvalue weighted by atomic mass is 10.1.